The molecular weight excluding hydrogens is 749 g/mol. The van der Waals surface area contributed by atoms with Crippen LogP contribution in [-0.2, 0) is 48.2 Å². The van der Waals surface area contributed by atoms with Gasteiger partial charge in [0.2, 0.25) is 0 Å². The lowest BCUT2D eigenvalue weighted by atomic mass is 9.68. The van der Waals surface area contributed by atoms with Crippen LogP contribution >= 0.6 is 0 Å². The number of aromatic hydroxyl groups is 2. The number of allylic oxidation sites excluding steroid dienone is 1. The first-order valence-corrected chi connectivity index (χ1v) is 20.6. The summed E-state index contributed by atoms with van der Waals surface area (Å²) in [4.78, 5) is 37.4. The first-order valence-electron chi connectivity index (χ1n) is 20.6. The number of esters is 1. The Labute approximate surface area is 342 Å². The second kappa shape index (κ2) is 14.7. The number of nitrogens with one attached hydrogen (secondary N) is 1. The van der Waals surface area contributed by atoms with Gasteiger partial charge in [0.25, 0.3) is 0 Å². The van der Waals surface area contributed by atoms with Crippen molar-refractivity contribution in [3.05, 3.63) is 121 Å². The predicted octanol–water partition coefficient (Wildman–Crippen LogP) is 7.05. The van der Waals surface area contributed by atoms with Crippen LogP contribution in [0.25, 0.3) is 11.0 Å². The zero-order valence-electron chi connectivity index (χ0n) is 33.8. The molecule has 2 aromatic carbocycles. The van der Waals surface area contributed by atoms with Crippen molar-refractivity contribution in [3.8, 4) is 17.2 Å². The van der Waals surface area contributed by atoms with Crippen LogP contribution in [0, 0.1) is 5.92 Å². The van der Waals surface area contributed by atoms with Crippen LogP contribution in [0.15, 0.2) is 69.7 Å². The number of aryl methyl sites for hydroxylation is 2. The molecule has 6 atom stereocenters. The molecule has 0 saturated heterocycles. The van der Waals surface area contributed by atoms with Gasteiger partial charge in [-0.2, -0.15) is 0 Å². The number of pyridine rings is 2. The highest BCUT2D eigenvalue weighted by atomic mass is 16.6. The first-order chi connectivity index (χ1) is 28.4. The van der Waals surface area contributed by atoms with E-state index in [2.05, 4.69) is 23.3 Å². The van der Waals surface area contributed by atoms with Crippen LogP contribution in [0.1, 0.15) is 109 Å². The van der Waals surface area contributed by atoms with Crippen LogP contribution in [-0.4, -0.2) is 49.0 Å². The van der Waals surface area contributed by atoms with Gasteiger partial charge in [0.05, 0.1) is 0 Å². The fourth-order valence-corrected chi connectivity index (χ4v) is 10.1. The molecule has 12 nitrogen and oxygen atoms in total. The maximum Gasteiger partial charge on any atom is 0.333 e. The van der Waals surface area contributed by atoms with E-state index in [9.17, 15) is 24.9 Å². The molecule has 3 aliphatic heterocycles. The number of phenols is 2. The molecule has 59 heavy (non-hydrogen) atoms. The van der Waals surface area contributed by atoms with Crippen molar-refractivity contribution in [2.45, 2.75) is 115 Å². The zero-order valence-corrected chi connectivity index (χ0v) is 33.8. The highest BCUT2D eigenvalue weighted by Gasteiger charge is 2.53. The molecule has 0 unspecified atom stereocenters. The zero-order chi connectivity index (χ0) is 41.3. The summed E-state index contributed by atoms with van der Waals surface area (Å²) in [7, 11) is 0. The van der Waals surface area contributed by atoms with Crippen LogP contribution in [0.4, 0.5) is 11.6 Å². The molecule has 0 spiro atoms. The Bertz CT molecular complexity index is 2620. The Kier molecular flexibility index (Phi) is 9.65. The monoisotopic (exact) mass is 798 g/mol. The lowest BCUT2D eigenvalue weighted by molar-refractivity contribution is -0.165. The number of anilines is 2. The van der Waals surface area contributed by atoms with E-state index in [0.29, 0.717) is 66.4 Å². The van der Waals surface area contributed by atoms with Gasteiger partial charge in [-0.05, 0) is 125 Å². The van der Waals surface area contributed by atoms with Gasteiger partial charge >= 0.3 is 5.97 Å². The molecule has 6 heterocycles. The summed E-state index contributed by atoms with van der Waals surface area (Å²) in [5, 5.41) is 36.8. The largest absolute Gasteiger partial charge is 0.508 e. The van der Waals surface area contributed by atoms with E-state index in [4.69, 9.17) is 24.6 Å². The number of fused-ring (bicyclic) bond motifs is 6. The Morgan fingerprint density at radius 3 is 2.68 bits per heavy atom. The predicted molar refractivity (Wildman–Crippen MR) is 223 cm³/mol. The van der Waals surface area contributed by atoms with Gasteiger partial charge in [0.1, 0.15) is 63.9 Å². The second-order valence-electron chi connectivity index (χ2n) is 17.1. The number of carbonyl (C=O) groups excluding carboxylic acids is 1. The molecule has 0 radical (unpaired) electrons. The van der Waals surface area contributed by atoms with E-state index in [0.717, 1.165) is 52.0 Å². The summed E-state index contributed by atoms with van der Waals surface area (Å²) < 4.78 is 20.3. The smallest absolute Gasteiger partial charge is 0.333 e. The Balaban J connectivity index is 1.36. The Hall–Kier alpha value is -5.88. The molecule has 0 fully saturated rings. The standard InChI is InChI=1S/C47H50N4O8/c1-5-23(2)46(56)58-37-20-35-41(55)40-36(54)19-32(22-52)57-43(40)39-34-18-29-17-31(53)11-10-26(29)8-9-27(38-33(34)12-13-49-44(38)48)16-30(47(37,4)59-42(35)39)15-25-14-28-7-6-24(3)51-45(28)50-21-25/h5,10-14,17,19,21,24,27,30,34,37,52-53,55H,6-9,15-16,18,20,22H2,1-4H3,(H2,48,49)(H,50,51)/b23-5-/t24-,27+,30+,34-,37+,47-/m0/s1. The lowest BCUT2D eigenvalue weighted by Crippen LogP contribution is -2.57. The molecule has 9 rings (SSSR count). The summed E-state index contributed by atoms with van der Waals surface area (Å²) in [6.07, 6.45) is 9.11. The summed E-state index contributed by atoms with van der Waals surface area (Å²) in [6.45, 7) is 7.07. The van der Waals surface area contributed by atoms with Gasteiger partial charge < -0.3 is 40.3 Å². The summed E-state index contributed by atoms with van der Waals surface area (Å²) in [5.41, 5.74) is 12.4. The van der Waals surface area contributed by atoms with Gasteiger partial charge in [-0.1, -0.05) is 18.2 Å². The minimum atomic E-state index is -1.21. The number of rotatable bonds is 5. The van der Waals surface area contributed by atoms with Gasteiger partial charge in [0.15, 0.2) is 5.43 Å². The number of phenolic OH excluding ortho intramolecular Hbond substituents is 2. The minimum absolute atomic E-state index is 0.0255. The van der Waals surface area contributed by atoms with Crippen molar-refractivity contribution >= 4 is 28.6 Å². The normalized spacial score (nSPS) is 24.6. The third-order valence-electron chi connectivity index (χ3n) is 13.5. The van der Waals surface area contributed by atoms with Gasteiger partial charge in [-0.15, -0.1) is 0 Å². The number of aliphatic hydroxyl groups excluding tert-OH is 1. The van der Waals surface area contributed by atoms with E-state index < -0.39 is 35.6 Å². The number of nitrogen functional groups attached to an aromatic ring is 1. The first kappa shape index (κ1) is 38.6. The molecule has 4 bridgehead atoms. The van der Waals surface area contributed by atoms with E-state index in [1.54, 1.807) is 38.3 Å². The number of ether oxygens (including phenoxy) is 2. The fraction of sp³-hybridized carbons (Fsp3) is 0.404. The molecule has 6 N–H and O–H groups in total. The third-order valence-corrected chi connectivity index (χ3v) is 13.5. The maximum atomic E-state index is 14.0. The maximum absolute atomic E-state index is 14.0. The molecule has 0 amide bonds. The molecule has 12 heteroatoms. The van der Waals surface area contributed by atoms with Gasteiger partial charge in [0, 0.05) is 65.0 Å². The second-order valence-corrected chi connectivity index (χ2v) is 17.1. The number of nitrogens with two attached hydrogens (primary N) is 1. The lowest BCUT2D eigenvalue weighted by Gasteiger charge is -2.49. The van der Waals surface area contributed by atoms with Gasteiger partial charge in [-0.3, -0.25) is 4.79 Å². The average molecular weight is 799 g/mol. The summed E-state index contributed by atoms with van der Waals surface area (Å²) >= 11 is 0. The van der Waals surface area contributed by atoms with Crippen molar-refractivity contribution in [2.24, 2.45) is 5.92 Å². The molecule has 5 aromatic rings. The summed E-state index contributed by atoms with van der Waals surface area (Å²) in [5.74, 6) is -0.179. The molecule has 306 valence electrons. The van der Waals surface area contributed by atoms with E-state index in [-0.39, 0.29) is 46.5 Å². The molecule has 4 aliphatic rings. The number of nitrogens with zero attached hydrogens (tertiary/aromatic N) is 2. The van der Waals surface area contributed by atoms with E-state index in [1.807, 2.05) is 25.3 Å². The van der Waals surface area contributed by atoms with Crippen LogP contribution in [0.3, 0.4) is 0 Å². The number of aliphatic hydroxyl groups is 1. The molecule has 3 aromatic heterocycles. The quantitative estimate of drug-likeness (QED) is 0.0901. The van der Waals surface area contributed by atoms with Gasteiger partial charge in [-0.25, -0.2) is 14.8 Å². The highest BCUT2D eigenvalue weighted by molar-refractivity contribution is 5.92. The van der Waals surface area contributed by atoms with Crippen molar-refractivity contribution in [1.82, 2.24) is 9.97 Å². The fourth-order valence-electron chi connectivity index (χ4n) is 10.1. The highest BCUT2D eigenvalue weighted by Crippen LogP contribution is 2.56. The molecule has 1 aliphatic carbocycles. The third kappa shape index (κ3) is 6.57. The van der Waals surface area contributed by atoms with Crippen molar-refractivity contribution < 1.29 is 34.0 Å². The van der Waals surface area contributed by atoms with Crippen molar-refractivity contribution in [3.63, 3.8) is 0 Å². The van der Waals surface area contributed by atoms with E-state index in [1.165, 1.54) is 6.07 Å². The van der Waals surface area contributed by atoms with Crippen LogP contribution in [0.5, 0.6) is 17.2 Å². The van der Waals surface area contributed by atoms with Crippen molar-refractivity contribution in [1.29, 1.82) is 0 Å². The van der Waals surface area contributed by atoms with Crippen LogP contribution < -0.4 is 21.2 Å². The van der Waals surface area contributed by atoms with Crippen LogP contribution in [0.2, 0.25) is 0 Å². The minimum Gasteiger partial charge on any atom is -0.508 e. The average Bonchev–Trinajstić information content (AvgIpc) is 3.27. The number of hydrogen-bond acceptors (Lipinski definition) is 12. The number of aromatic nitrogens is 2. The number of carbonyl (C=O) groups is 1. The molecular formula is C47H50N4O8. The SMILES string of the molecule is C/C=C(/C)C(=O)O[C@@H]1Cc2c3c(c4oc(CO)cc(=O)c4c2O)[C@H]2Cc4cc(O)ccc4CC[C@H](C[C@@H](Cc4cnc5c(c4)CC[C@H](C)N5)[C@]1(C)O3)c1c2ccnc1N. The molecule has 0 saturated carbocycles. The Morgan fingerprint density at radius 2 is 1.88 bits per heavy atom. The topological polar surface area (TPSA) is 190 Å². The van der Waals surface area contributed by atoms with E-state index >= 15 is 0 Å². The number of benzene rings is 2. The summed E-state index contributed by atoms with van der Waals surface area (Å²) in [6, 6.07) is 11.1. The van der Waals surface area contributed by atoms with Crippen molar-refractivity contribution in [2.75, 3.05) is 11.1 Å². The number of hydrogen-bond donors (Lipinski definition) is 5. The Morgan fingerprint density at radius 1 is 1.07 bits per heavy atom.